The lowest BCUT2D eigenvalue weighted by molar-refractivity contribution is -0.120. The number of nitrogens with one attached hydrogen (secondary N) is 1. The molecule has 2 aromatic carbocycles. The Morgan fingerprint density at radius 3 is 2.55 bits per heavy atom. The maximum Gasteiger partial charge on any atom is 0.233 e. The summed E-state index contributed by atoms with van der Waals surface area (Å²) < 4.78 is 7.21. The van der Waals surface area contributed by atoms with Crippen molar-refractivity contribution in [3.8, 4) is 17.1 Å². The van der Waals surface area contributed by atoms with E-state index in [1.807, 2.05) is 49.4 Å². The van der Waals surface area contributed by atoms with Crippen LogP contribution < -0.4 is 10.1 Å². The van der Waals surface area contributed by atoms with Crippen molar-refractivity contribution in [2.75, 3.05) is 7.11 Å². The molecular formula is C22H26N4O2S. The highest BCUT2D eigenvalue weighted by atomic mass is 32.2. The highest BCUT2D eigenvalue weighted by molar-refractivity contribution is 8.00. The van der Waals surface area contributed by atoms with Crippen LogP contribution in [0.3, 0.4) is 0 Å². The van der Waals surface area contributed by atoms with E-state index in [-0.39, 0.29) is 11.2 Å². The van der Waals surface area contributed by atoms with Gasteiger partial charge in [0.15, 0.2) is 11.0 Å². The molecule has 0 fully saturated rings. The first-order chi connectivity index (χ1) is 14.0. The molecule has 6 nitrogen and oxygen atoms in total. The number of carbonyl (C=O) groups is 1. The molecule has 3 rings (SSSR count). The van der Waals surface area contributed by atoms with Crippen LogP contribution in [-0.2, 0) is 17.9 Å². The molecule has 0 bridgehead atoms. The number of rotatable bonds is 8. The molecule has 1 N–H and O–H groups in total. The van der Waals surface area contributed by atoms with Crippen molar-refractivity contribution in [2.45, 2.75) is 44.3 Å². The van der Waals surface area contributed by atoms with Crippen molar-refractivity contribution in [1.29, 1.82) is 0 Å². The van der Waals surface area contributed by atoms with Gasteiger partial charge in [-0.25, -0.2) is 0 Å². The summed E-state index contributed by atoms with van der Waals surface area (Å²) in [4.78, 5) is 12.6. The summed E-state index contributed by atoms with van der Waals surface area (Å²) in [5.41, 5.74) is 3.23. The summed E-state index contributed by atoms with van der Waals surface area (Å²) in [5.74, 6) is 1.60. The van der Waals surface area contributed by atoms with Gasteiger partial charge in [-0.3, -0.25) is 4.79 Å². The smallest absolute Gasteiger partial charge is 0.233 e. The van der Waals surface area contributed by atoms with Crippen molar-refractivity contribution >= 4 is 17.7 Å². The zero-order valence-corrected chi connectivity index (χ0v) is 18.0. The molecule has 0 aliphatic heterocycles. The minimum atomic E-state index is -0.285. The van der Waals surface area contributed by atoms with Crippen LogP contribution in [0.2, 0.25) is 0 Å². The molecule has 0 aliphatic carbocycles. The van der Waals surface area contributed by atoms with Crippen LogP contribution >= 0.6 is 11.8 Å². The molecule has 0 saturated carbocycles. The number of hydrogen-bond donors (Lipinski definition) is 1. The molecule has 3 aromatic rings. The molecule has 0 radical (unpaired) electrons. The van der Waals surface area contributed by atoms with E-state index in [1.54, 1.807) is 7.11 Å². The average Bonchev–Trinajstić information content (AvgIpc) is 3.14. The predicted molar refractivity (Wildman–Crippen MR) is 116 cm³/mol. The fourth-order valence-electron chi connectivity index (χ4n) is 2.97. The number of thioether (sulfide) groups is 1. The quantitative estimate of drug-likeness (QED) is 0.567. The van der Waals surface area contributed by atoms with Crippen molar-refractivity contribution in [1.82, 2.24) is 20.1 Å². The molecule has 1 aromatic heterocycles. The summed E-state index contributed by atoms with van der Waals surface area (Å²) in [5, 5.41) is 12.2. The normalized spacial score (nSPS) is 11.9. The Bertz CT molecular complexity index is 969. The second kappa shape index (κ2) is 9.60. The minimum absolute atomic E-state index is 0.0334. The highest BCUT2D eigenvalue weighted by Crippen LogP contribution is 2.28. The average molecular weight is 411 g/mol. The van der Waals surface area contributed by atoms with Crippen LogP contribution in [0.5, 0.6) is 5.75 Å². The molecular weight excluding hydrogens is 384 g/mol. The molecule has 1 heterocycles. The Morgan fingerprint density at radius 2 is 1.90 bits per heavy atom. The van der Waals surface area contributed by atoms with Crippen LogP contribution in [0.1, 0.15) is 25.0 Å². The third-order valence-corrected chi connectivity index (χ3v) is 5.78. The van der Waals surface area contributed by atoms with Gasteiger partial charge < -0.3 is 14.6 Å². The van der Waals surface area contributed by atoms with Gasteiger partial charge in [-0.2, -0.15) is 0 Å². The first-order valence-electron chi connectivity index (χ1n) is 9.60. The zero-order valence-electron chi connectivity index (χ0n) is 17.2. The fraction of sp³-hybridized carbons (Fsp3) is 0.318. The van der Waals surface area contributed by atoms with Gasteiger partial charge in [-0.05, 0) is 44.0 Å². The second-order valence-corrected chi connectivity index (χ2v) is 8.00. The van der Waals surface area contributed by atoms with Crippen LogP contribution in [0, 0.1) is 6.92 Å². The summed E-state index contributed by atoms with van der Waals surface area (Å²) in [6.07, 6.45) is 0. The van der Waals surface area contributed by atoms with E-state index in [0.29, 0.717) is 6.54 Å². The first kappa shape index (κ1) is 20.9. The van der Waals surface area contributed by atoms with E-state index in [2.05, 4.69) is 40.0 Å². The van der Waals surface area contributed by atoms with Crippen LogP contribution in [0.15, 0.2) is 53.7 Å². The monoisotopic (exact) mass is 410 g/mol. The lowest BCUT2D eigenvalue weighted by Gasteiger charge is -2.13. The Morgan fingerprint density at radius 1 is 1.17 bits per heavy atom. The van der Waals surface area contributed by atoms with E-state index < -0.39 is 0 Å². The Labute approximate surface area is 175 Å². The molecule has 0 unspecified atom stereocenters. The van der Waals surface area contributed by atoms with Gasteiger partial charge in [-0.15, -0.1) is 10.2 Å². The van der Waals surface area contributed by atoms with Gasteiger partial charge in [0.1, 0.15) is 5.75 Å². The standard InChI is InChI=1S/C22H26N4O2S/c1-5-26-20(19-9-7-6-8-15(19)2)24-25-22(26)29-16(3)21(27)23-14-17-10-12-18(28-4)13-11-17/h6-13,16H,5,14H2,1-4H3,(H,23,27)/t16-/m1/s1. The third-order valence-electron chi connectivity index (χ3n) is 4.70. The maximum atomic E-state index is 12.6. The number of ether oxygens (including phenoxy) is 1. The zero-order chi connectivity index (χ0) is 20.8. The molecule has 7 heteroatoms. The molecule has 1 atom stereocenters. The largest absolute Gasteiger partial charge is 0.497 e. The summed E-state index contributed by atoms with van der Waals surface area (Å²) >= 11 is 1.42. The third kappa shape index (κ3) is 4.98. The molecule has 0 aliphatic rings. The summed E-state index contributed by atoms with van der Waals surface area (Å²) in [6.45, 7) is 7.22. The van der Waals surface area contributed by atoms with Crippen molar-refractivity contribution < 1.29 is 9.53 Å². The molecule has 0 spiro atoms. The Balaban J connectivity index is 1.66. The number of amides is 1. The van der Waals surface area contributed by atoms with Crippen molar-refractivity contribution in [3.63, 3.8) is 0 Å². The SMILES string of the molecule is CCn1c(S[C@H](C)C(=O)NCc2ccc(OC)cc2)nnc1-c1ccccc1C. The maximum absolute atomic E-state index is 12.6. The number of benzene rings is 2. The predicted octanol–water partition coefficient (Wildman–Crippen LogP) is 4.08. The number of aryl methyl sites for hydroxylation is 1. The van der Waals surface area contributed by atoms with E-state index >= 15 is 0 Å². The molecule has 29 heavy (non-hydrogen) atoms. The Kier molecular flexibility index (Phi) is 6.93. The number of methoxy groups -OCH3 is 1. The number of hydrogen-bond acceptors (Lipinski definition) is 5. The molecule has 0 saturated heterocycles. The van der Waals surface area contributed by atoms with Gasteiger partial charge >= 0.3 is 0 Å². The van der Waals surface area contributed by atoms with Gasteiger partial charge in [0.25, 0.3) is 0 Å². The van der Waals surface area contributed by atoms with Crippen LogP contribution in [-0.4, -0.2) is 33.0 Å². The van der Waals surface area contributed by atoms with Crippen LogP contribution in [0.4, 0.5) is 0 Å². The first-order valence-corrected chi connectivity index (χ1v) is 10.5. The summed E-state index contributed by atoms with van der Waals surface area (Å²) in [7, 11) is 1.63. The van der Waals surface area contributed by atoms with E-state index in [9.17, 15) is 4.79 Å². The number of aromatic nitrogens is 3. The van der Waals surface area contributed by atoms with Gasteiger partial charge in [0.05, 0.1) is 12.4 Å². The molecule has 1 amide bonds. The second-order valence-electron chi connectivity index (χ2n) is 6.69. The van der Waals surface area contributed by atoms with Crippen molar-refractivity contribution in [3.05, 3.63) is 59.7 Å². The van der Waals surface area contributed by atoms with Gasteiger partial charge in [-0.1, -0.05) is 48.2 Å². The van der Waals surface area contributed by atoms with Crippen LogP contribution in [0.25, 0.3) is 11.4 Å². The fourth-order valence-corrected chi connectivity index (χ4v) is 3.91. The van der Waals surface area contributed by atoms with E-state index in [4.69, 9.17) is 4.74 Å². The topological polar surface area (TPSA) is 69.0 Å². The van der Waals surface area contributed by atoms with E-state index in [1.165, 1.54) is 11.8 Å². The lowest BCUT2D eigenvalue weighted by Crippen LogP contribution is -2.30. The van der Waals surface area contributed by atoms with Crippen molar-refractivity contribution in [2.24, 2.45) is 0 Å². The summed E-state index contributed by atoms with van der Waals surface area (Å²) in [6, 6.07) is 15.8. The number of carbonyl (C=O) groups excluding carboxylic acids is 1. The minimum Gasteiger partial charge on any atom is -0.497 e. The van der Waals surface area contributed by atoms with E-state index in [0.717, 1.165) is 40.0 Å². The van der Waals surface area contributed by atoms with Gasteiger partial charge in [0, 0.05) is 18.7 Å². The molecule has 152 valence electrons. The number of nitrogens with zero attached hydrogens (tertiary/aromatic N) is 3. The van der Waals surface area contributed by atoms with Gasteiger partial charge in [0.2, 0.25) is 5.91 Å². The Hall–Kier alpha value is -2.80. The lowest BCUT2D eigenvalue weighted by atomic mass is 10.1. The highest BCUT2D eigenvalue weighted by Gasteiger charge is 2.20.